The number of benzene rings is 2. The van der Waals surface area contributed by atoms with E-state index in [4.69, 9.17) is 11.6 Å². The Balaban J connectivity index is 1.72. The SMILES string of the molecule is CC1CCN(C(=O)c2cccc(C(=O)Nc3ccc(F)c(Cl)c3)c2)CC1. The second-order valence-corrected chi connectivity index (χ2v) is 7.05. The van der Waals surface area contributed by atoms with Gasteiger partial charge >= 0.3 is 0 Å². The Bertz CT molecular complexity index is 832. The van der Waals surface area contributed by atoms with Gasteiger partial charge in [-0.1, -0.05) is 24.6 Å². The van der Waals surface area contributed by atoms with E-state index < -0.39 is 5.82 Å². The topological polar surface area (TPSA) is 49.4 Å². The second-order valence-electron chi connectivity index (χ2n) is 6.64. The van der Waals surface area contributed by atoms with Gasteiger partial charge in [0.1, 0.15) is 5.82 Å². The highest BCUT2D eigenvalue weighted by Crippen LogP contribution is 2.21. The van der Waals surface area contributed by atoms with E-state index >= 15 is 0 Å². The number of hydrogen-bond acceptors (Lipinski definition) is 2. The summed E-state index contributed by atoms with van der Waals surface area (Å²) in [5.74, 6) is -0.349. The smallest absolute Gasteiger partial charge is 0.255 e. The summed E-state index contributed by atoms with van der Waals surface area (Å²) in [6.45, 7) is 3.67. The Morgan fingerprint density at radius 3 is 2.50 bits per heavy atom. The summed E-state index contributed by atoms with van der Waals surface area (Å²) < 4.78 is 13.2. The van der Waals surface area contributed by atoms with E-state index in [-0.39, 0.29) is 16.8 Å². The van der Waals surface area contributed by atoms with Gasteiger partial charge in [-0.05, 0) is 55.2 Å². The molecule has 0 spiro atoms. The van der Waals surface area contributed by atoms with Crippen LogP contribution in [0.1, 0.15) is 40.5 Å². The molecule has 0 atom stereocenters. The van der Waals surface area contributed by atoms with Crippen LogP contribution in [0, 0.1) is 11.7 Å². The van der Waals surface area contributed by atoms with E-state index in [1.165, 1.54) is 18.2 Å². The van der Waals surface area contributed by atoms with Crippen LogP contribution in [0.4, 0.5) is 10.1 Å². The number of halogens is 2. The highest BCUT2D eigenvalue weighted by atomic mass is 35.5. The molecule has 0 aromatic heterocycles. The molecule has 0 unspecified atom stereocenters. The molecule has 26 heavy (non-hydrogen) atoms. The van der Waals surface area contributed by atoms with Gasteiger partial charge < -0.3 is 10.2 Å². The van der Waals surface area contributed by atoms with Crippen LogP contribution >= 0.6 is 11.6 Å². The van der Waals surface area contributed by atoms with Crippen LogP contribution in [0.25, 0.3) is 0 Å². The fourth-order valence-electron chi connectivity index (χ4n) is 2.96. The Labute approximate surface area is 157 Å². The molecule has 0 saturated carbocycles. The zero-order chi connectivity index (χ0) is 18.7. The molecule has 0 aliphatic carbocycles. The average Bonchev–Trinajstić information content (AvgIpc) is 2.65. The van der Waals surface area contributed by atoms with Crippen molar-refractivity contribution in [3.8, 4) is 0 Å². The third kappa shape index (κ3) is 4.22. The highest BCUT2D eigenvalue weighted by molar-refractivity contribution is 6.31. The minimum atomic E-state index is -0.548. The van der Waals surface area contributed by atoms with Crippen molar-refractivity contribution in [3.63, 3.8) is 0 Å². The van der Waals surface area contributed by atoms with Gasteiger partial charge in [-0.15, -0.1) is 0 Å². The first-order valence-electron chi connectivity index (χ1n) is 8.60. The summed E-state index contributed by atoms with van der Waals surface area (Å²) in [7, 11) is 0. The van der Waals surface area contributed by atoms with E-state index in [9.17, 15) is 14.0 Å². The molecule has 0 radical (unpaired) electrons. The van der Waals surface area contributed by atoms with Crippen LogP contribution in [0.2, 0.25) is 5.02 Å². The van der Waals surface area contributed by atoms with Gasteiger partial charge in [0.2, 0.25) is 0 Å². The molecule has 1 aliphatic heterocycles. The number of likely N-dealkylation sites (tertiary alicyclic amines) is 1. The molecular formula is C20H20ClFN2O2. The van der Waals surface area contributed by atoms with Crippen LogP contribution in [0.15, 0.2) is 42.5 Å². The number of carbonyl (C=O) groups is 2. The van der Waals surface area contributed by atoms with Crippen LogP contribution in [-0.4, -0.2) is 29.8 Å². The summed E-state index contributed by atoms with van der Waals surface area (Å²) in [6, 6.07) is 10.6. The molecule has 3 rings (SSSR count). The van der Waals surface area contributed by atoms with E-state index in [1.807, 2.05) is 4.90 Å². The fourth-order valence-corrected chi connectivity index (χ4v) is 3.15. The number of amides is 2. The quantitative estimate of drug-likeness (QED) is 0.853. The van der Waals surface area contributed by atoms with Crippen molar-refractivity contribution in [1.82, 2.24) is 4.90 Å². The monoisotopic (exact) mass is 374 g/mol. The first-order valence-corrected chi connectivity index (χ1v) is 8.97. The highest BCUT2D eigenvalue weighted by Gasteiger charge is 2.22. The van der Waals surface area contributed by atoms with Gasteiger partial charge in [0, 0.05) is 29.9 Å². The lowest BCUT2D eigenvalue weighted by Crippen LogP contribution is -2.38. The van der Waals surface area contributed by atoms with Crippen LogP contribution < -0.4 is 5.32 Å². The molecule has 1 N–H and O–H groups in total. The molecule has 1 fully saturated rings. The van der Waals surface area contributed by atoms with E-state index in [0.29, 0.717) is 22.7 Å². The third-order valence-corrected chi connectivity index (χ3v) is 4.91. The lowest BCUT2D eigenvalue weighted by Gasteiger charge is -2.30. The first kappa shape index (κ1) is 18.4. The Morgan fingerprint density at radius 1 is 1.12 bits per heavy atom. The standard InChI is InChI=1S/C20H20ClFN2O2/c1-13-7-9-24(10-8-13)20(26)15-4-2-3-14(11-15)19(25)23-16-5-6-18(22)17(21)12-16/h2-6,11-13H,7-10H2,1H3,(H,23,25). The second kappa shape index (κ2) is 7.87. The minimum Gasteiger partial charge on any atom is -0.339 e. The van der Waals surface area contributed by atoms with Crippen LogP contribution in [0.3, 0.4) is 0 Å². The summed E-state index contributed by atoms with van der Waals surface area (Å²) in [5, 5.41) is 2.60. The molecule has 6 heteroatoms. The number of hydrogen-bond donors (Lipinski definition) is 1. The summed E-state index contributed by atoms with van der Waals surface area (Å²) in [5.41, 5.74) is 1.24. The first-order chi connectivity index (χ1) is 12.4. The summed E-state index contributed by atoms with van der Waals surface area (Å²) in [4.78, 5) is 26.9. The lowest BCUT2D eigenvalue weighted by atomic mass is 9.98. The van der Waals surface area contributed by atoms with Gasteiger partial charge in [-0.2, -0.15) is 0 Å². The molecule has 4 nitrogen and oxygen atoms in total. The van der Waals surface area contributed by atoms with E-state index in [2.05, 4.69) is 12.2 Å². The number of piperidine rings is 1. The molecule has 136 valence electrons. The lowest BCUT2D eigenvalue weighted by molar-refractivity contribution is 0.0697. The van der Waals surface area contributed by atoms with Crippen molar-refractivity contribution in [2.75, 3.05) is 18.4 Å². The zero-order valence-electron chi connectivity index (χ0n) is 14.5. The van der Waals surface area contributed by atoms with Crippen molar-refractivity contribution in [3.05, 3.63) is 64.4 Å². The van der Waals surface area contributed by atoms with Crippen molar-refractivity contribution in [2.24, 2.45) is 5.92 Å². The van der Waals surface area contributed by atoms with Crippen molar-refractivity contribution >= 4 is 29.1 Å². The number of nitrogens with zero attached hydrogens (tertiary/aromatic N) is 1. The van der Waals surface area contributed by atoms with Crippen LogP contribution in [0.5, 0.6) is 0 Å². The van der Waals surface area contributed by atoms with E-state index in [1.54, 1.807) is 24.3 Å². The maximum absolute atomic E-state index is 13.2. The molecule has 2 aromatic rings. The summed E-state index contributed by atoms with van der Waals surface area (Å²) >= 11 is 5.73. The Kier molecular flexibility index (Phi) is 5.57. The number of nitrogens with one attached hydrogen (secondary N) is 1. The van der Waals surface area contributed by atoms with Crippen molar-refractivity contribution < 1.29 is 14.0 Å². The molecule has 1 saturated heterocycles. The zero-order valence-corrected chi connectivity index (χ0v) is 15.2. The molecule has 2 aromatic carbocycles. The predicted molar refractivity (Wildman–Crippen MR) is 100 cm³/mol. The molecule has 1 aliphatic rings. The number of rotatable bonds is 3. The van der Waals surface area contributed by atoms with Gasteiger partial charge in [-0.3, -0.25) is 9.59 Å². The van der Waals surface area contributed by atoms with Crippen LogP contribution in [-0.2, 0) is 0 Å². The van der Waals surface area contributed by atoms with Gasteiger partial charge in [0.05, 0.1) is 5.02 Å². The minimum absolute atomic E-state index is 0.0589. The van der Waals surface area contributed by atoms with Gasteiger partial charge in [0.25, 0.3) is 11.8 Å². The van der Waals surface area contributed by atoms with E-state index in [0.717, 1.165) is 25.9 Å². The molecule has 0 bridgehead atoms. The number of carbonyl (C=O) groups excluding carboxylic acids is 2. The average molecular weight is 375 g/mol. The van der Waals surface area contributed by atoms with Gasteiger partial charge in [0.15, 0.2) is 0 Å². The summed E-state index contributed by atoms with van der Waals surface area (Å²) in [6.07, 6.45) is 1.99. The maximum Gasteiger partial charge on any atom is 0.255 e. The molecule has 2 amide bonds. The molecule has 1 heterocycles. The normalized spacial score (nSPS) is 15.0. The largest absolute Gasteiger partial charge is 0.339 e. The maximum atomic E-state index is 13.2. The van der Waals surface area contributed by atoms with Gasteiger partial charge in [-0.25, -0.2) is 4.39 Å². The Hall–Kier alpha value is -2.40. The third-order valence-electron chi connectivity index (χ3n) is 4.62. The predicted octanol–water partition coefficient (Wildman–Crippen LogP) is 4.60. The van der Waals surface area contributed by atoms with Crippen molar-refractivity contribution in [1.29, 1.82) is 0 Å². The number of anilines is 1. The van der Waals surface area contributed by atoms with Crippen molar-refractivity contribution in [2.45, 2.75) is 19.8 Å². The fraction of sp³-hybridized carbons (Fsp3) is 0.300. The Morgan fingerprint density at radius 2 is 1.81 bits per heavy atom. The molecular weight excluding hydrogens is 355 g/mol.